The fraction of sp³-hybridized carbons (Fsp3) is 0.240. The predicted molar refractivity (Wildman–Crippen MR) is 138 cm³/mol. The highest BCUT2D eigenvalue weighted by atomic mass is 32.1. The summed E-state index contributed by atoms with van der Waals surface area (Å²) in [6, 6.07) is 11.4. The molecule has 0 radical (unpaired) electrons. The van der Waals surface area contributed by atoms with Crippen LogP contribution >= 0.6 is 11.3 Å². The molecule has 0 spiro atoms. The van der Waals surface area contributed by atoms with Crippen molar-refractivity contribution in [1.29, 1.82) is 0 Å². The molecule has 2 aromatic heterocycles. The number of rotatable bonds is 5. The molecule has 3 heterocycles. The maximum Gasteiger partial charge on any atom is 0.416 e. The Bertz CT molecular complexity index is 1540. The Kier molecular flexibility index (Phi) is 6.95. The van der Waals surface area contributed by atoms with E-state index in [2.05, 4.69) is 20.3 Å². The van der Waals surface area contributed by atoms with Crippen LogP contribution in [0.5, 0.6) is 11.6 Å². The van der Waals surface area contributed by atoms with Crippen molar-refractivity contribution in [2.75, 3.05) is 36.4 Å². The normalized spacial score (nSPS) is 13.9. The molecule has 4 aromatic rings. The van der Waals surface area contributed by atoms with E-state index in [4.69, 9.17) is 4.74 Å². The molecule has 0 aliphatic carbocycles. The average molecular weight is 559 g/mol. The first-order valence-electron chi connectivity index (χ1n) is 11.7. The topological polar surface area (TPSA) is 121 Å². The summed E-state index contributed by atoms with van der Waals surface area (Å²) in [5.74, 6) is 0.467. The van der Waals surface area contributed by atoms with Crippen LogP contribution in [-0.4, -0.2) is 63.1 Å². The van der Waals surface area contributed by atoms with Gasteiger partial charge in [-0.3, -0.25) is 4.79 Å². The molecule has 0 bridgehead atoms. The Balaban J connectivity index is 1.52. The number of hydrogen-bond donors (Lipinski definition) is 2. The number of hydrogen-bond acceptors (Lipinski definition) is 8. The highest BCUT2D eigenvalue weighted by Gasteiger charge is 2.30. The lowest BCUT2D eigenvalue weighted by atomic mass is 10.1. The number of para-hydroxylation sites is 1. The minimum atomic E-state index is -4.48. The number of fused-ring (bicyclic) bond motifs is 1. The van der Waals surface area contributed by atoms with Gasteiger partial charge in [-0.25, -0.2) is 14.8 Å². The van der Waals surface area contributed by atoms with E-state index in [0.717, 1.165) is 16.8 Å². The number of halogens is 3. The van der Waals surface area contributed by atoms with Crippen molar-refractivity contribution < 1.29 is 32.6 Å². The van der Waals surface area contributed by atoms with Crippen molar-refractivity contribution in [3.8, 4) is 22.9 Å². The highest BCUT2D eigenvalue weighted by Crippen LogP contribution is 2.36. The molecule has 14 heteroatoms. The molecule has 5 rings (SSSR count). The van der Waals surface area contributed by atoms with E-state index < -0.39 is 17.8 Å². The van der Waals surface area contributed by atoms with E-state index in [1.54, 1.807) is 17.0 Å². The van der Waals surface area contributed by atoms with Crippen molar-refractivity contribution in [3.63, 3.8) is 0 Å². The lowest BCUT2D eigenvalue weighted by molar-refractivity contribution is -0.137. The van der Waals surface area contributed by atoms with E-state index in [1.165, 1.54) is 41.4 Å². The number of nitrogens with zero attached hydrogens (tertiary/aromatic N) is 5. The molecule has 0 saturated carbocycles. The van der Waals surface area contributed by atoms with E-state index in [1.807, 2.05) is 6.07 Å². The van der Waals surface area contributed by atoms with Crippen LogP contribution < -0.4 is 15.0 Å². The molecule has 1 aliphatic rings. The molecule has 2 amide bonds. The van der Waals surface area contributed by atoms with E-state index in [9.17, 15) is 27.9 Å². The molecule has 2 N–H and O–H groups in total. The van der Waals surface area contributed by atoms with Gasteiger partial charge in [0.15, 0.2) is 10.9 Å². The average Bonchev–Trinajstić information content (AvgIpc) is 3.31. The minimum Gasteiger partial charge on any atom is -0.465 e. The number of amides is 2. The van der Waals surface area contributed by atoms with Gasteiger partial charge in [0.25, 0.3) is 0 Å². The standard InChI is InChI=1S/C25H21F3N6O4S/c1-14(35)29-23-32-21-18(3-2-4-19(21)39-23)38-20-13-17(15-5-7-16(8-6-15)25(26,27)28)30-22(31-20)33-9-11-34(12-10-33)24(36)37/h2-8,13H,9-12H2,1H3,(H,36,37)(H,29,32,35). The molecular weight excluding hydrogens is 537 g/mol. The van der Waals surface area contributed by atoms with Gasteiger partial charge >= 0.3 is 12.3 Å². The number of anilines is 2. The second-order valence-corrected chi connectivity index (χ2v) is 9.66. The van der Waals surface area contributed by atoms with Gasteiger partial charge in [-0.05, 0) is 24.3 Å². The van der Waals surface area contributed by atoms with Crippen LogP contribution in [0.3, 0.4) is 0 Å². The molecule has 1 fully saturated rings. The predicted octanol–water partition coefficient (Wildman–Crippen LogP) is 5.32. The third-order valence-corrected chi connectivity index (χ3v) is 6.85. The second-order valence-electron chi connectivity index (χ2n) is 8.63. The molecule has 1 saturated heterocycles. The van der Waals surface area contributed by atoms with E-state index in [0.29, 0.717) is 40.7 Å². The largest absolute Gasteiger partial charge is 0.465 e. The van der Waals surface area contributed by atoms with E-state index >= 15 is 0 Å². The number of alkyl halides is 3. The van der Waals surface area contributed by atoms with Crippen LogP contribution in [-0.2, 0) is 11.0 Å². The first-order valence-corrected chi connectivity index (χ1v) is 12.5. The smallest absolute Gasteiger partial charge is 0.416 e. The number of piperazine rings is 1. The number of carbonyl (C=O) groups is 2. The third kappa shape index (κ3) is 5.85. The fourth-order valence-electron chi connectivity index (χ4n) is 4.00. The molecule has 1 aliphatic heterocycles. The van der Waals surface area contributed by atoms with E-state index in [-0.39, 0.29) is 30.8 Å². The monoisotopic (exact) mass is 558 g/mol. The van der Waals surface area contributed by atoms with Crippen LogP contribution in [0.4, 0.5) is 29.0 Å². The maximum absolute atomic E-state index is 13.1. The molecule has 10 nitrogen and oxygen atoms in total. The van der Waals surface area contributed by atoms with Gasteiger partial charge in [0.2, 0.25) is 17.7 Å². The highest BCUT2D eigenvalue weighted by molar-refractivity contribution is 7.22. The molecule has 2 aromatic carbocycles. The molecular formula is C25H21F3N6O4S. The van der Waals surface area contributed by atoms with Crippen molar-refractivity contribution in [1.82, 2.24) is 19.9 Å². The van der Waals surface area contributed by atoms with Crippen molar-refractivity contribution in [2.24, 2.45) is 0 Å². The molecule has 202 valence electrons. The summed E-state index contributed by atoms with van der Waals surface area (Å²) in [7, 11) is 0. The van der Waals surface area contributed by atoms with Gasteiger partial charge in [0, 0.05) is 44.7 Å². The Labute approximate surface area is 223 Å². The zero-order valence-electron chi connectivity index (χ0n) is 20.4. The van der Waals surface area contributed by atoms with Gasteiger partial charge in [-0.2, -0.15) is 18.2 Å². The number of thiazole rings is 1. The van der Waals surface area contributed by atoms with Crippen LogP contribution in [0.2, 0.25) is 0 Å². The number of aromatic nitrogens is 3. The summed E-state index contributed by atoms with van der Waals surface area (Å²) in [6.45, 7) is 2.51. The summed E-state index contributed by atoms with van der Waals surface area (Å²) in [4.78, 5) is 39.4. The zero-order valence-corrected chi connectivity index (χ0v) is 21.2. The second kappa shape index (κ2) is 10.4. The quantitative estimate of drug-likeness (QED) is 0.338. The number of benzene rings is 2. The Morgan fingerprint density at radius 3 is 2.38 bits per heavy atom. The Morgan fingerprint density at radius 2 is 1.74 bits per heavy atom. The van der Waals surface area contributed by atoms with Gasteiger partial charge in [0.05, 0.1) is 16.0 Å². The van der Waals surface area contributed by atoms with Crippen molar-refractivity contribution in [2.45, 2.75) is 13.1 Å². The lowest BCUT2D eigenvalue weighted by Crippen LogP contribution is -2.48. The van der Waals surface area contributed by atoms with Crippen molar-refractivity contribution in [3.05, 3.63) is 54.1 Å². The number of carboxylic acid groups (broad SMARTS) is 1. The Hall–Kier alpha value is -4.46. The first-order chi connectivity index (χ1) is 18.6. The van der Waals surface area contributed by atoms with Crippen LogP contribution in [0.15, 0.2) is 48.5 Å². The molecule has 0 unspecified atom stereocenters. The summed E-state index contributed by atoms with van der Waals surface area (Å²) < 4.78 is 46.2. The number of nitrogens with one attached hydrogen (secondary N) is 1. The van der Waals surface area contributed by atoms with Gasteiger partial charge in [0.1, 0.15) is 5.52 Å². The lowest BCUT2D eigenvalue weighted by Gasteiger charge is -2.33. The molecule has 0 atom stereocenters. The summed E-state index contributed by atoms with van der Waals surface area (Å²) in [5, 5.41) is 12.3. The van der Waals surface area contributed by atoms with Gasteiger partial charge in [-0.1, -0.05) is 29.5 Å². The maximum atomic E-state index is 13.1. The SMILES string of the molecule is CC(=O)Nc1nc2c(Oc3cc(-c4ccc(C(F)(F)F)cc4)nc(N4CCN(C(=O)O)CC4)n3)cccc2s1. The van der Waals surface area contributed by atoms with Crippen LogP contribution in [0.1, 0.15) is 12.5 Å². The third-order valence-electron chi connectivity index (χ3n) is 5.91. The molecule has 39 heavy (non-hydrogen) atoms. The summed E-state index contributed by atoms with van der Waals surface area (Å²) in [5.41, 5.74) is 0.457. The van der Waals surface area contributed by atoms with Crippen LogP contribution in [0, 0.1) is 0 Å². The minimum absolute atomic E-state index is 0.122. The van der Waals surface area contributed by atoms with Crippen molar-refractivity contribution >= 4 is 44.6 Å². The van der Waals surface area contributed by atoms with Crippen LogP contribution in [0.25, 0.3) is 21.5 Å². The zero-order chi connectivity index (χ0) is 27.7. The van der Waals surface area contributed by atoms with Gasteiger partial charge in [-0.15, -0.1) is 0 Å². The summed E-state index contributed by atoms with van der Waals surface area (Å²) >= 11 is 1.27. The Morgan fingerprint density at radius 1 is 1.03 bits per heavy atom. The van der Waals surface area contributed by atoms with Gasteiger partial charge < -0.3 is 25.0 Å². The summed E-state index contributed by atoms with van der Waals surface area (Å²) in [6.07, 6.45) is -5.50. The first kappa shape index (κ1) is 26.2. The number of carbonyl (C=O) groups excluding carboxylic acids is 1. The number of ether oxygens (including phenoxy) is 1. The fourth-order valence-corrected chi connectivity index (χ4v) is 4.93.